The van der Waals surface area contributed by atoms with Crippen molar-refractivity contribution in [2.45, 2.75) is 19.9 Å². The SMILES string of the molecule is CC(C)[C@@H](NC(=O)c1ccc(F)c(F)c1)c1ccc2c(c1)OCCO2. The molecule has 1 aliphatic heterocycles. The number of ether oxygens (including phenoxy) is 2. The summed E-state index contributed by atoms with van der Waals surface area (Å²) in [6, 6.07) is 8.30. The summed E-state index contributed by atoms with van der Waals surface area (Å²) in [5.41, 5.74) is 0.928. The smallest absolute Gasteiger partial charge is 0.251 e. The molecule has 6 heteroatoms. The van der Waals surface area contributed by atoms with E-state index in [1.165, 1.54) is 6.07 Å². The van der Waals surface area contributed by atoms with Crippen molar-refractivity contribution in [3.63, 3.8) is 0 Å². The van der Waals surface area contributed by atoms with Gasteiger partial charge in [0.1, 0.15) is 13.2 Å². The molecule has 0 aromatic heterocycles. The van der Waals surface area contributed by atoms with Crippen LogP contribution in [0.3, 0.4) is 0 Å². The molecule has 0 aliphatic carbocycles. The molecule has 2 aromatic carbocycles. The second-order valence-corrected chi connectivity index (χ2v) is 6.23. The second kappa shape index (κ2) is 7.09. The standard InChI is InChI=1S/C19H19F2NO3/c1-11(2)18(12-4-6-16-17(10-12)25-8-7-24-16)22-19(23)13-3-5-14(20)15(21)9-13/h3-6,9-11,18H,7-8H2,1-2H3,(H,22,23)/t18-/m1/s1. The van der Waals surface area contributed by atoms with Crippen molar-refractivity contribution in [1.29, 1.82) is 0 Å². The normalized spacial score (nSPS) is 14.3. The molecule has 0 radical (unpaired) electrons. The van der Waals surface area contributed by atoms with E-state index in [0.29, 0.717) is 24.7 Å². The van der Waals surface area contributed by atoms with Gasteiger partial charge in [0.05, 0.1) is 6.04 Å². The summed E-state index contributed by atoms with van der Waals surface area (Å²) in [4.78, 5) is 12.4. The number of carbonyl (C=O) groups excluding carboxylic acids is 1. The van der Waals surface area contributed by atoms with Crippen LogP contribution in [0.5, 0.6) is 11.5 Å². The molecular weight excluding hydrogens is 328 g/mol. The molecule has 25 heavy (non-hydrogen) atoms. The Morgan fingerprint density at radius 3 is 2.40 bits per heavy atom. The summed E-state index contributed by atoms with van der Waals surface area (Å²) in [5.74, 6) is -1.11. The van der Waals surface area contributed by atoms with Gasteiger partial charge in [0.15, 0.2) is 23.1 Å². The van der Waals surface area contributed by atoms with Crippen LogP contribution in [0.2, 0.25) is 0 Å². The van der Waals surface area contributed by atoms with Crippen molar-refractivity contribution in [3.8, 4) is 11.5 Å². The van der Waals surface area contributed by atoms with E-state index in [9.17, 15) is 13.6 Å². The molecule has 1 heterocycles. The lowest BCUT2D eigenvalue weighted by Crippen LogP contribution is -2.32. The molecule has 0 unspecified atom stereocenters. The van der Waals surface area contributed by atoms with Crippen molar-refractivity contribution >= 4 is 5.91 Å². The lowest BCUT2D eigenvalue weighted by molar-refractivity contribution is 0.0924. The number of carbonyl (C=O) groups is 1. The summed E-state index contributed by atoms with van der Waals surface area (Å²) in [6.07, 6.45) is 0. The quantitative estimate of drug-likeness (QED) is 0.913. The molecule has 2 aromatic rings. The monoisotopic (exact) mass is 347 g/mol. The largest absolute Gasteiger partial charge is 0.486 e. The number of benzene rings is 2. The Morgan fingerprint density at radius 2 is 1.72 bits per heavy atom. The average molecular weight is 347 g/mol. The van der Waals surface area contributed by atoms with E-state index in [4.69, 9.17) is 9.47 Å². The molecule has 1 atom stereocenters. The third kappa shape index (κ3) is 3.73. The number of fused-ring (bicyclic) bond motifs is 1. The van der Waals surface area contributed by atoms with Crippen LogP contribution in [0.1, 0.15) is 35.8 Å². The highest BCUT2D eigenvalue weighted by atomic mass is 19.2. The van der Waals surface area contributed by atoms with E-state index < -0.39 is 17.5 Å². The zero-order valence-electron chi connectivity index (χ0n) is 14.0. The fourth-order valence-electron chi connectivity index (χ4n) is 2.75. The zero-order valence-corrected chi connectivity index (χ0v) is 14.0. The van der Waals surface area contributed by atoms with Crippen molar-refractivity contribution < 1.29 is 23.0 Å². The van der Waals surface area contributed by atoms with E-state index in [1.54, 1.807) is 0 Å². The Bertz CT molecular complexity index is 792. The third-order valence-electron chi connectivity index (χ3n) is 4.06. The van der Waals surface area contributed by atoms with Gasteiger partial charge in [-0.05, 0) is 41.8 Å². The third-order valence-corrected chi connectivity index (χ3v) is 4.06. The lowest BCUT2D eigenvalue weighted by Gasteiger charge is -2.25. The molecule has 0 spiro atoms. The average Bonchev–Trinajstić information content (AvgIpc) is 2.61. The predicted octanol–water partition coefficient (Wildman–Crippen LogP) is 3.86. The first-order valence-electron chi connectivity index (χ1n) is 8.11. The summed E-state index contributed by atoms with van der Waals surface area (Å²) in [7, 11) is 0. The molecule has 132 valence electrons. The first-order chi connectivity index (χ1) is 12.0. The van der Waals surface area contributed by atoms with Crippen LogP contribution in [0, 0.1) is 17.6 Å². The first kappa shape index (κ1) is 17.2. The highest BCUT2D eigenvalue weighted by Gasteiger charge is 2.22. The van der Waals surface area contributed by atoms with E-state index in [-0.39, 0.29) is 17.5 Å². The van der Waals surface area contributed by atoms with Gasteiger partial charge in [-0.25, -0.2) is 8.78 Å². The van der Waals surface area contributed by atoms with Crippen molar-refractivity contribution in [2.24, 2.45) is 5.92 Å². The van der Waals surface area contributed by atoms with Gasteiger partial charge in [0, 0.05) is 5.56 Å². The molecular formula is C19H19F2NO3. The Balaban J connectivity index is 1.84. The van der Waals surface area contributed by atoms with Crippen LogP contribution in [0.15, 0.2) is 36.4 Å². The highest BCUT2D eigenvalue weighted by molar-refractivity contribution is 5.94. The summed E-state index contributed by atoms with van der Waals surface area (Å²) in [5, 5.41) is 2.88. The topological polar surface area (TPSA) is 47.6 Å². The zero-order chi connectivity index (χ0) is 18.0. The number of rotatable bonds is 4. The fraction of sp³-hybridized carbons (Fsp3) is 0.316. The van der Waals surface area contributed by atoms with Gasteiger partial charge in [-0.3, -0.25) is 4.79 Å². The number of nitrogens with one attached hydrogen (secondary N) is 1. The molecule has 1 amide bonds. The first-order valence-corrected chi connectivity index (χ1v) is 8.11. The molecule has 3 rings (SSSR count). The van der Waals surface area contributed by atoms with E-state index in [0.717, 1.165) is 17.7 Å². The molecule has 0 saturated carbocycles. The highest BCUT2D eigenvalue weighted by Crippen LogP contribution is 2.34. The summed E-state index contributed by atoms with van der Waals surface area (Å²) >= 11 is 0. The summed E-state index contributed by atoms with van der Waals surface area (Å²) in [6.45, 7) is 4.91. The molecule has 0 bridgehead atoms. The van der Waals surface area contributed by atoms with Crippen LogP contribution < -0.4 is 14.8 Å². The molecule has 0 saturated heterocycles. The predicted molar refractivity (Wildman–Crippen MR) is 88.8 cm³/mol. The number of amides is 1. The Morgan fingerprint density at radius 1 is 1.00 bits per heavy atom. The lowest BCUT2D eigenvalue weighted by atomic mass is 9.95. The van der Waals surface area contributed by atoms with Gasteiger partial charge in [0.2, 0.25) is 0 Å². The van der Waals surface area contributed by atoms with Gasteiger partial charge >= 0.3 is 0 Å². The van der Waals surface area contributed by atoms with Crippen LogP contribution in [-0.2, 0) is 0 Å². The second-order valence-electron chi connectivity index (χ2n) is 6.23. The van der Waals surface area contributed by atoms with Gasteiger partial charge < -0.3 is 14.8 Å². The summed E-state index contributed by atoms with van der Waals surface area (Å²) < 4.78 is 37.5. The van der Waals surface area contributed by atoms with Crippen molar-refractivity contribution in [3.05, 3.63) is 59.2 Å². The maximum absolute atomic E-state index is 13.4. The minimum Gasteiger partial charge on any atom is -0.486 e. The van der Waals surface area contributed by atoms with Gasteiger partial charge in [-0.15, -0.1) is 0 Å². The van der Waals surface area contributed by atoms with Gasteiger partial charge in [0.25, 0.3) is 5.91 Å². The maximum atomic E-state index is 13.4. The minimum absolute atomic E-state index is 0.0714. The number of hydrogen-bond donors (Lipinski definition) is 1. The van der Waals surface area contributed by atoms with Gasteiger partial charge in [-0.2, -0.15) is 0 Å². The van der Waals surface area contributed by atoms with E-state index in [2.05, 4.69) is 5.32 Å². The van der Waals surface area contributed by atoms with Crippen molar-refractivity contribution in [1.82, 2.24) is 5.32 Å². The van der Waals surface area contributed by atoms with Crippen LogP contribution in [-0.4, -0.2) is 19.1 Å². The molecule has 1 N–H and O–H groups in total. The molecule has 0 fully saturated rings. The van der Waals surface area contributed by atoms with Gasteiger partial charge in [-0.1, -0.05) is 19.9 Å². The van der Waals surface area contributed by atoms with Crippen molar-refractivity contribution in [2.75, 3.05) is 13.2 Å². The molecule has 4 nitrogen and oxygen atoms in total. The van der Waals surface area contributed by atoms with Crippen LogP contribution >= 0.6 is 0 Å². The van der Waals surface area contributed by atoms with Crippen LogP contribution in [0.4, 0.5) is 8.78 Å². The minimum atomic E-state index is -1.05. The Kier molecular flexibility index (Phi) is 4.88. The number of hydrogen-bond acceptors (Lipinski definition) is 3. The Labute approximate surface area is 144 Å². The van der Waals surface area contributed by atoms with E-state index in [1.807, 2.05) is 32.0 Å². The fourth-order valence-corrected chi connectivity index (χ4v) is 2.75. The Hall–Kier alpha value is -2.63. The maximum Gasteiger partial charge on any atom is 0.251 e. The van der Waals surface area contributed by atoms with Crippen LogP contribution in [0.25, 0.3) is 0 Å². The molecule has 1 aliphatic rings. The number of halogens is 2. The van der Waals surface area contributed by atoms with E-state index >= 15 is 0 Å².